The molecule has 162 valence electrons. The Balaban J connectivity index is 1.22. The summed E-state index contributed by atoms with van der Waals surface area (Å²) >= 11 is 0. The van der Waals surface area contributed by atoms with Crippen LogP contribution < -0.4 is 4.90 Å². The molecule has 0 bridgehead atoms. The second-order valence-corrected chi connectivity index (χ2v) is 9.06. The average Bonchev–Trinajstić information content (AvgIpc) is 3.50. The Bertz CT molecular complexity index is 1300. The molecule has 2 aromatic carbocycles. The van der Waals surface area contributed by atoms with E-state index in [1.165, 1.54) is 16.8 Å². The van der Waals surface area contributed by atoms with Crippen molar-refractivity contribution in [1.29, 1.82) is 0 Å². The van der Waals surface area contributed by atoms with Crippen LogP contribution in [-0.4, -0.2) is 32.4 Å². The summed E-state index contributed by atoms with van der Waals surface area (Å²) < 4.78 is 18.9. The van der Waals surface area contributed by atoms with Crippen LogP contribution in [0.5, 0.6) is 0 Å². The van der Waals surface area contributed by atoms with E-state index >= 15 is 0 Å². The summed E-state index contributed by atoms with van der Waals surface area (Å²) in [6, 6.07) is 12.2. The molecular formula is C26H26FN5. The molecule has 5 nitrogen and oxygen atoms in total. The fraction of sp³-hybridized carbons (Fsp3) is 0.308. The number of nitrogens with zero attached hydrogens (tertiary/aromatic N) is 5. The van der Waals surface area contributed by atoms with Crippen LogP contribution in [-0.2, 0) is 7.05 Å². The lowest BCUT2D eigenvalue weighted by Gasteiger charge is -2.37. The summed E-state index contributed by atoms with van der Waals surface area (Å²) in [5.41, 5.74) is 7.77. The minimum absolute atomic E-state index is 0.0422. The van der Waals surface area contributed by atoms with Gasteiger partial charge in [-0.3, -0.25) is 4.68 Å². The van der Waals surface area contributed by atoms with Crippen molar-refractivity contribution in [2.45, 2.75) is 25.8 Å². The molecular weight excluding hydrogens is 401 g/mol. The lowest BCUT2D eigenvalue weighted by molar-refractivity contribution is 0.312. The van der Waals surface area contributed by atoms with Crippen molar-refractivity contribution < 1.29 is 4.39 Å². The number of aryl methyl sites for hydroxylation is 2. The van der Waals surface area contributed by atoms with Gasteiger partial charge >= 0.3 is 0 Å². The van der Waals surface area contributed by atoms with Gasteiger partial charge in [0.15, 0.2) is 0 Å². The molecule has 32 heavy (non-hydrogen) atoms. The minimum Gasteiger partial charge on any atom is -0.372 e. The molecule has 0 saturated carbocycles. The van der Waals surface area contributed by atoms with Crippen LogP contribution >= 0.6 is 0 Å². The number of hydrogen-bond donors (Lipinski definition) is 0. The topological polar surface area (TPSA) is 38.9 Å². The van der Waals surface area contributed by atoms with Gasteiger partial charge in [-0.25, -0.2) is 9.37 Å². The van der Waals surface area contributed by atoms with E-state index in [0.29, 0.717) is 5.92 Å². The number of hydrogen-bond acceptors (Lipinski definition) is 3. The Hall–Kier alpha value is -3.41. The van der Waals surface area contributed by atoms with E-state index in [1.807, 2.05) is 36.5 Å². The Morgan fingerprint density at radius 2 is 1.88 bits per heavy atom. The first-order valence-electron chi connectivity index (χ1n) is 11.3. The molecule has 0 aliphatic carbocycles. The highest BCUT2D eigenvalue weighted by molar-refractivity contribution is 5.70. The number of aromatic nitrogens is 4. The van der Waals surface area contributed by atoms with Gasteiger partial charge in [-0.2, -0.15) is 5.10 Å². The summed E-state index contributed by atoms with van der Waals surface area (Å²) in [7, 11) is 1.94. The molecule has 1 unspecified atom stereocenters. The zero-order valence-electron chi connectivity index (χ0n) is 18.4. The Kier molecular flexibility index (Phi) is 4.42. The SMILES string of the molecule is Cc1cc(N2CCC(C3c4c(F)cccc4-c4cncn43)CC2)ccc1-c1cnn(C)c1. The van der Waals surface area contributed by atoms with Gasteiger partial charge in [0.2, 0.25) is 0 Å². The Morgan fingerprint density at radius 1 is 1.03 bits per heavy atom. The number of halogens is 1. The largest absolute Gasteiger partial charge is 0.372 e. The van der Waals surface area contributed by atoms with Crippen LogP contribution in [0.2, 0.25) is 0 Å². The molecule has 2 aliphatic heterocycles. The van der Waals surface area contributed by atoms with Crippen molar-refractivity contribution in [1.82, 2.24) is 19.3 Å². The minimum atomic E-state index is -0.0970. The molecule has 1 fully saturated rings. The lowest BCUT2D eigenvalue weighted by Crippen LogP contribution is -2.36. The highest BCUT2D eigenvalue weighted by Crippen LogP contribution is 2.47. The molecule has 2 aromatic heterocycles. The van der Waals surface area contributed by atoms with Gasteiger partial charge in [0, 0.05) is 48.7 Å². The maximum atomic E-state index is 14.9. The van der Waals surface area contributed by atoms with Crippen LogP contribution in [0.3, 0.4) is 0 Å². The van der Waals surface area contributed by atoms with Crippen molar-refractivity contribution in [3.05, 3.63) is 78.3 Å². The number of fused-ring (bicyclic) bond motifs is 3. The van der Waals surface area contributed by atoms with Crippen molar-refractivity contribution in [2.75, 3.05) is 18.0 Å². The molecule has 6 rings (SSSR count). The summed E-state index contributed by atoms with van der Waals surface area (Å²) in [6.45, 7) is 4.11. The summed E-state index contributed by atoms with van der Waals surface area (Å²) in [4.78, 5) is 6.81. The predicted molar refractivity (Wildman–Crippen MR) is 124 cm³/mol. The molecule has 0 amide bonds. The summed E-state index contributed by atoms with van der Waals surface area (Å²) in [6.07, 6.45) is 9.75. The van der Waals surface area contributed by atoms with Gasteiger partial charge in [0.25, 0.3) is 0 Å². The fourth-order valence-electron chi connectivity index (χ4n) is 5.60. The maximum absolute atomic E-state index is 14.9. The average molecular weight is 428 g/mol. The van der Waals surface area contributed by atoms with Crippen molar-refractivity contribution in [3.63, 3.8) is 0 Å². The third-order valence-electron chi connectivity index (χ3n) is 7.17. The first kappa shape index (κ1) is 19.3. The number of benzene rings is 2. The van der Waals surface area contributed by atoms with Crippen LogP contribution in [0.25, 0.3) is 22.4 Å². The van der Waals surface area contributed by atoms with Gasteiger partial charge in [0.1, 0.15) is 5.82 Å². The van der Waals surface area contributed by atoms with E-state index in [9.17, 15) is 4.39 Å². The van der Waals surface area contributed by atoms with Crippen molar-refractivity contribution in [3.8, 4) is 22.4 Å². The first-order valence-corrected chi connectivity index (χ1v) is 11.3. The van der Waals surface area contributed by atoms with Crippen LogP contribution in [0.4, 0.5) is 10.1 Å². The molecule has 0 radical (unpaired) electrons. The quantitative estimate of drug-likeness (QED) is 0.450. The molecule has 4 aromatic rings. The number of piperidine rings is 1. The molecule has 1 atom stereocenters. The third kappa shape index (κ3) is 2.97. The fourth-order valence-corrected chi connectivity index (χ4v) is 5.60. The maximum Gasteiger partial charge on any atom is 0.129 e. The van der Waals surface area contributed by atoms with Crippen LogP contribution in [0.1, 0.15) is 30.0 Å². The number of rotatable bonds is 3. The molecule has 6 heteroatoms. The monoisotopic (exact) mass is 427 g/mol. The lowest BCUT2D eigenvalue weighted by atomic mass is 9.84. The molecule has 0 spiro atoms. The Labute approximate surface area is 187 Å². The third-order valence-corrected chi connectivity index (χ3v) is 7.17. The van der Waals surface area contributed by atoms with Gasteiger partial charge in [0.05, 0.1) is 30.5 Å². The normalized spacial score (nSPS) is 18.1. The van der Waals surface area contributed by atoms with Crippen molar-refractivity contribution in [2.24, 2.45) is 13.0 Å². The second-order valence-electron chi connectivity index (χ2n) is 9.06. The number of anilines is 1. The Morgan fingerprint density at radius 3 is 2.62 bits per heavy atom. The van der Waals surface area contributed by atoms with Crippen LogP contribution in [0.15, 0.2) is 61.3 Å². The molecule has 0 N–H and O–H groups in total. The molecule has 4 heterocycles. The van der Waals surface area contributed by atoms with E-state index < -0.39 is 0 Å². The summed E-state index contributed by atoms with van der Waals surface area (Å²) in [5, 5.41) is 4.30. The van der Waals surface area contributed by atoms with Gasteiger partial charge < -0.3 is 9.47 Å². The highest BCUT2D eigenvalue weighted by atomic mass is 19.1. The zero-order valence-corrected chi connectivity index (χ0v) is 18.4. The molecule has 2 aliphatic rings. The predicted octanol–water partition coefficient (Wildman–Crippen LogP) is 5.22. The zero-order chi connectivity index (χ0) is 21.8. The number of imidazole rings is 1. The van der Waals surface area contributed by atoms with Gasteiger partial charge in [-0.05, 0) is 55.0 Å². The van der Waals surface area contributed by atoms with Crippen molar-refractivity contribution >= 4 is 5.69 Å². The summed E-state index contributed by atoms with van der Waals surface area (Å²) in [5.74, 6) is 0.299. The highest BCUT2D eigenvalue weighted by Gasteiger charge is 2.38. The van der Waals surface area contributed by atoms with E-state index in [4.69, 9.17) is 0 Å². The molecule has 1 saturated heterocycles. The standard InChI is InChI=1S/C26H26FN5/c1-17-12-20(6-7-21(17)19-13-29-30(2)15-19)31-10-8-18(9-11-31)26-25-22(4-3-5-23(25)27)24-14-28-16-32(24)26/h3-7,12-16,18,26H,8-11H2,1-2H3. The van der Waals surface area contributed by atoms with E-state index in [1.54, 1.807) is 12.1 Å². The van der Waals surface area contributed by atoms with E-state index in [-0.39, 0.29) is 11.9 Å². The van der Waals surface area contributed by atoms with Gasteiger partial charge in [-0.1, -0.05) is 18.2 Å². The smallest absolute Gasteiger partial charge is 0.129 e. The van der Waals surface area contributed by atoms with Crippen LogP contribution in [0, 0.1) is 18.7 Å². The van der Waals surface area contributed by atoms with Gasteiger partial charge in [-0.15, -0.1) is 0 Å². The van der Waals surface area contributed by atoms with E-state index in [2.05, 4.69) is 50.9 Å². The first-order chi connectivity index (χ1) is 15.6. The second kappa shape index (κ2) is 7.33. The van der Waals surface area contributed by atoms with E-state index in [0.717, 1.165) is 48.3 Å².